The van der Waals surface area contributed by atoms with Gasteiger partial charge in [-0.1, -0.05) is 6.07 Å². The van der Waals surface area contributed by atoms with E-state index in [-0.39, 0.29) is 17.9 Å². The van der Waals surface area contributed by atoms with Gasteiger partial charge in [0.25, 0.3) is 0 Å². The molecule has 1 fully saturated rings. The van der Waals surface area contributed by atoms with Gasteiger partial charge in [-0.2, -0.15) is 0 Å². The first-order valence-electron chi connectivity index (χ1n) is 6.38. The van der Waals surface area contributed by atoms with Gasteiger partial charge in [0, 0.05) is 25.0 Å². The minimum absolute atomic E-state index is 0.0267. The lowest BCUT2D eigenvalue weighted by molar-refractivity contribution is -0.132. The van der Waals surface area contributed by atoms with Crippen LogP contribution in [0.4, 0.5) is 8.78 Å². The fourth-order valence-corrected chi connectivity index (χ4v) is 2.61. The number of benzene rings is 1. The first-order chi connectivity index (χ1) is 9.10. The SMILES string of the molecule is O=C(Cc1ccc(F)cc1F)N1CCCC(CCl)C1. The highest BCUT2D eigenvalue weighted by molar-refractivity contribution is 6.18. The third kappa shape index (κ3) is 3.66. The van der Waals surface area contributed by atoms with Crippen LogP contribution >= 0.6 is 11.6 Å². The zero-order chi connectivity index (χ0) is 13.8. The zero-order valence-corrected chi connectivity index (χ0v) is 11.3. The van der Waals surface area contributed by atoms with Gasteiger partial charge in [-0.3, -0.25) is 4.79 Å². The van der Waals surface area contributed by atoms with Crippen molar-refractivity contribution in [1.82, 2.24) is 4.90 Å². The van der Waals surface area contributed by atoms with Crippen LogP contribution < -0.4 is 0 Å². The largest absolute Gasteiger partial charge is 0.342 e. The second-order valence-electron chi connectivity index (χ2n) is 4.91. The summed E-state index contributed by atoms with van der Waals surface area (Å²) < 4.78 is 26.3. The van der Waals surface area contributed by atoms with Crippen molar-refractivity contribution >= 4 is 17.5 Å². The molecule has 0 radical (unpaired) electrons. The molecule has 0 bridgehead atoms. The Morgan fingerprint density at radius 2 is 2.21 bits per heavy atom. The van der Waals surface area contributed by atoms with Crippen molar-refractivity contribution in [2.45, 2.75) is 19.3 Å². The monoisotopic (exact) mass is 287 g/mol. The summed E-state index contributed by atoms with van der Waals surface area (Å²) >= 11 is 5.81. The van der Waals surface area contributed by atoms with E-state index < -0.39 is 11.6 Å². The van der Waals surface area contributed by atoms with E-state index in [2.05, 4.69) is 0 Å². The number of hydrogen-bond acceptors (Lipinski definition) is 1. The number of carbonyl (C=O) groups is 1. The van der Waals surface area contributed by atoms with Gasteiger partial charge in [0.1, 0.15) is 11.6 Å². The number of hydrogen-bond donors (Lipinski definition) is 0. The predicted molar refractivity (Wildman–Crippen MR) is 70.1 cm³/mol. The van der Waals surface area contributed by atoms with Crippen LogP contribution in [0.15, 0.2) is 18.2 Å². The highest BCUT2D eigenvalue weighted by atomic mass is 35.5. The van der Waals surface area contributed by atoms with E-state index >= 15 is 0 Å². The van der Waals surface area contributed by atoms with Gasteiger partial charge in [-0.15, -0.1) is 11.6 Å². The van der Waals surface area contributed by atoms with E-state index in [0.29, 0.717) is 24.9 Å². The molecule has 1 aromatic rings. The number of rotatable bonds is 3. The molecule has 1 amide bonds. The Kier molecular flexibility index (Phi) is 4.75. The summed E-state index contributed by atoms with van der Waals surface area (Å²) in [5.74, 6) is -0.569. The van der Waals surface area contributed by atoms with Crippen LogP contribution in [0.2, 0.25) is 0 Å². The maximum atomic E-state index is 13.5. The smallest absolute Gasteiger partial charge is 0.227 e. The summed E-state index contributed by atoms with van der Waals surface area (Å²) in [5, 5.41) is 0. The molecule has 104 valence electrons. The highest BCUT2D eigenvalue weighted by Crippen LogP contribution is 2.19. The number of piperidine rings is 1. The second-order valence-corrected chi connectivity index (χ2v) is 5.22. The van der Waals surface area contributed by atoms with Crippen LogP contribution in [0.5, 0.6) is 0 Å². The molecular formula is C14H16ClF2NO. The third-order valence-electron chi connectivity index (χ3n) is 3.45. The van der Waals surface area contributed by atoms with Gasteiger partial charge < -0.3 is 4.90 Å². The second kappa shape index (κ2) is 6.33. The van der Waals surface area contributed by atoms with Gasteiger partial charge in [-0.05, 0) is 30.4 Å². The number of likely N-dealkylation sites (tertiary alicyclic amines) is 1. The Balaban J connectivity index is 2.00. The van der Waals surface area contributed by atoms with Crippen LogP contribution in [-0.2, 0) is 11.2 Å². The number of amides is 1. The van der Waals surface area contributed by atoms with Gasteiger partial charge >= 0.3 is 0 Å². The fourth-order valence-electron chi connectivity index (χ4n) is 2.36. The lowest BCUT2D eigenvalue weighted by Gasteiger charge is -2.32. The molecule has 5 heteroatoms. The highest BCUT2D eigenvalue weighted by Gasteiger charge is 2.23. The lowest BCUT2D eigenvalue weighted by atomic mass is 9.99. The van der Waals surface area contributed by atoms with Crippen molar-refractivity contribution in [2.75, 3.05) is 19.0 Å². The Bertz CT molecular complexity index is 467. The van der Waals surface area contributed by atoms with Crippen molar-refractivity contribution in [3.63, 3.8) is 0 Å². The van der Waals surface area contributed by atoms with Crippen molar-refractivity contribution in [1.29, 1.82) is 0 Å². The topological polar surface area (TPSA) is 20.3 Å². The predicted octanol–water partition coefficient (Wildman–Crippen LogP) is 2.98. The average molecular weight is 288 g/mol. The Hall–Kier alpha value is -1.16. The lowest BCUT2D eigenvalue weighted by Crippen LogP contribution is -2.41. The molecule has 0 aromatic heterocycles. The molecule has 0 spiro atoms. The zero-order valence-electron chi connectivity index (χ0n) is 10.5. The average Bonchev–Trinajstić information content (AvgIpc) is 2.42. The van der Waals surface area contributed by atoms with Crippen LogP contribution in [-0.4, -0.2) is 29.8 Å². The van der Waals surface area contributed by atoms with Crippen LogP contribution in [0.3, 0.4) is 0 Å². The quantitative estimate of drug-likeness (QED) is 0.783. The van der Waals surface area contributed by atoms with E-state index in [0.717, 1.165) is 18.9 Å². The van der Waals surface area contributed by atoms with Crippen LogP contribution in [0.25, 0.3) is 0 Å². The number of carbonyl (C=O) groups excluding carboxylic acids is 1. The van der Waals surface area contributed by atoms with Crippen LogP contribution in [0, 0.1) is 17.6 Å². The molecule has 1 aliphatic rings. The number of alkyl halides is 1. The van der Waals surface area contributed by atoms with Crippen molar-refractivity contribution in [3.05, 3.63) is 35.4 Å². The molecule has 19 heavy (non-hydrogen) atoms. The van der Waals surface area contributed by atoms with E-state index in [4.69, 9.17) is 11.6 Å². The number of halogens is 3. The van der Waals surface area contributed by atoms with E-state index in [1.54, 1.807) is 4.90 Å². The maximum Gasteiger partial charge on any atom is 0.227 e. The summed E-state index contributed by atoms with van der Waals surface area (Å²) in [7, 11) is 0. The molecule has 1 saturated heterocycles. The molecule has 2 nitrogen and oxygen atoms in total. The minimum atomic E-state index is -0.667. The molecule has 0 N–H and O–H groups in total. The fraction of sp³-hybridized carbons (Fsp3) is 0.500. The molecule has 1 heterocycles. The van der Waals surface area contributed by atoms with E-state index in [9.17, 15) is 13.6 Å². The minimum Gasteiger partial charge on any atom is -0.342 e. The van der Waals surface area contributed by atoms with E-state index in [1.165, 1.54) is 12.1 Å². The van der Waals surface area contributed by atoms with Crippen LogP contribution in [0.1, 0.15) is 18.4 Å². The van der Waals surface area contributed by atoms with Gasteiger partial charge in [0.15, 0.2) is 0 Å². The molecule has 0 saturated carbocycles. The summed E-state index contributed by atoms with van der Waals surface area (Å²) in [6.45, 7) is 1.32. The third-order valence-corrected chi connectivity index (χ3v) is 3.88. The summed E-state index contributed by atoms with van der Waals surface area (Å²) in [6.07, 6.45) is 1.92. The summed E-state index contributed by atoms with van der Waals surface area (Å²) in [6, 6.07) is 3.30. The van der Waals surface area contributed by atoms with Crippen molar-refractivity contribution in [2.24, 2.45) is 5.92 Å². The molecule has 2 rings (SSSR count). The molecule has 0 aliphatic carbocycles. The normalized spacial score (nSPS) is 19.5. The van der Waals surface area contributed by atoms with Gasteiger partial charge in [0.2, 0.25) is 5.91 Å². The molecule has 1 unspecified atom stereocenters. The number of nitrogens with zero attached hydrogens (tertiary/aromatic N) is 1. The molecule has 1 aromatic carbocycles. The van der Waals surface area contributed by atoms with E-state index in [1.807, 2.05) is 0 Å². The summed E-state index contributed by atoms with van der Waals surface area (Å²) in [5.41, 5.74) is 0.236. The van der Waals surface area contributed by atoms with Gasteiger partial charge in [-0.25, -0.2) is 8.78 Å². The molecule has 1 atom stereocenters. The first-order valence-corrected chi connectivity index (χ1v) is 6.91. The van der Waals surface area contributed by atoms with Gasteiger partial charge in [0.05, 0.1) is 6.42 Å². The molecule has 1 aliphatic heterocycles. The Morgan fingerprint density at radius 3 is 2.89 bits per heavy atom. The van der Waals surface area contributed by atoms with Crippen molar-refractivity contribution < 1.29 is 13.6 Å². The maximum absolute atomic E-state index is 13.5. The summed E-state index contributed by atoms with van der Waals surface area (Å²) in [4.78, 5) is 13.8. The van der Waals surface area contributed by atoms with Crippen molar-refractivity contribution in [3.8, 4) is 0 Å². The first kappa shape index (κ1) is 14.3. The Morgan fingerprint density at radius 1 is 1.42 bits per heavy atom. The standard InChI is InChI=1S/C14H16ClF2NO/c15-8-10-2-1-5-18(9-10)14(19)6-11-3-4-12(16)7-13(11)17/h3-4,7,10H,1-2,5-6,8-9H2. The molecular weight excluding hydrogens is 272 g/mol. The Labute approximate surface area is 116 Å².